The van der Waals surface area contributed by atoms with Crippen molar-refractivity contribution in [2.24, 2.45) is 0 Å². The minimum Gasteiger partial charge on any atom is -0.497 e. The van der Waals surface area contributed by atoms with Gasteiger partial charge in [-0.25, -0.2) is 0 Å². The molecular weight excluding hydrogens is 306 g/mol. The molecule has 0 spiro atoms. The van der Waals surface area contributed by atoms with Crippen LogP contribution >= 0.6 is 0 Å². The second-order valence-corrected chi connectivity index (χ2v) is 5.27. The molecule has 0 unspecified atom stereocenters. The van der Waals surface area contributed by atoms with E-state index in [1.165, 1.54) is 7.11 Å². The van der Waals surface area contributed by atoms with Gasteiger partial charge in [0.05, 0.1) is 20.6 Å². The van der Waals surface area contributed by atoms with E-state index in [4.69, 9.17) is 4.74 Å². The zero-order valence-electron chi connectivity index (χ0n) is 13.9. The number of esters is 1. The van der Waals surface area contributed by atoms with Gasteiger partial charge in [-0.1, -0.05) is 30.3 Å². The summed E-state index contributed by atoms with van der Waals surface area (Å²) in [5, 5.41) is 0. The smallest absolute Gasteiger partial charge is 0.307 e. The topological polar surface area (TPSA) is 55.8 Å². The minimum absolute atomic E-state index is 0.134. The van der Waals surface area contributed by atoms with Gasteiger partial charge in [0.15, 0.2) is 0 Å². The van der Waals surface area contributed by atoms with Crippen molar-refractivity contribution in [2.45, 2.75) is 13.0 Å². The number of hydrogen-bond acceptors (Lipinski definition) is 4. The first-order chi connectivity index (χ1) is 11.6. The van der Waals surface area contributed by atoms with Crippen molar-refractivity contribution in [3.8, 4) is 5.75 Å². The summed E-state index contributed by atoms with van der Waals surface area (Å²) in [4.78, 5) is 25.9. The van der Waals surface area contributed by atoms with Gasteiger partial charge in [-0.05, 0) is 29.8 Å². The summed E-state index contributed by atoms with van der Waals surface area (Å²) in [6.45, 7) is 0.731. The fourth-order valence-corrected chi connectivity index (χ4v) is 2.30. The average Bonchev–Trinajstić information content (AvgIpc) is 2.65. The van der Waals surface area contributed by atoms with Gasteiger partial charge in [-0.15, -0.1) is 0 Å². The third kappa shape index (κ3) is 4.84. The predicted molar refractivity (Wildman–Crippen MR) is 90.8 cm³/mol. The normalized spacial score (nSPS) is 10.1. The second-order valence-electron chi connectivity index (χ2n) is 5.27. The first-order valence-corrected chi connectivity index (χ1v) is 7.68. The molecule has 0 bridgehead atoms. The molecule has 1 amide bonds. The first kappa shape index (κ1) is 17.5. The molecule has 24 heavy (non-hydrogen) atoms. The Bertz CT molecular complexity index is 668. The maximum absolute atomic E-state index is 12.8. The van der Waals surface area contributed by atoms with Crippen molar-refractivity contribution in [1.82, 2.24) is 4.90 Å². The van der Waals surface area contributed by atoms with E-state index < -0.39 is 0 Å². The average molecular weight is 327 g/mol. The third-order valence-electron chi connectivity index (χ3n) is 3.65. The Morgan fingerprint density at radius 3 is 2.21 bits per heavy atom. The van der Waals surface area contributed by atoms with Crippen LogP contribution in [-0.2, 0) is 16.1 Å². The zero-order valence-corrected chi connectivity index (χ0v) is 13.9. The molecule has 2 aromatic carbocycles. The van der Waals surface area contributed by atoms with E-state index in [0.717, 1.165) is 5.56 Å². The molecule has 5 nitrogen and oxygen atoms in total. The van der Waals surface area contributed by atoms with E-state index in [2.05, 4.69) is 4.74 Å². The van der Waals surface area contributed by atoms with Crippen LogP contribution in [0.25, 0.3) is 0 Å². The fraction of sp³-hybridized carbons (Fsp3) is 0.263. The summed E-state index contributed by atoms with van der Waals surface area (Å²) in [6, 6.07) is 16.6. The van der Waals surface area contributed by atoms with Gasteiger partial charge in [0.1, 0.15) is 5.75 Å². The molecule has 0 aliphatic carbocycles. The van der Waals surface area contributed by atoms with Gasteiger partial charge in [-0.2, -0.15) is 0 Å². The maximum atomic E-state index is 12.8. The zero-order chi connectivity index (χ0) is 17.4. The Morgan fingerprint density at radius 2 is 1.62 bits per heavy atom. The summed E-state index contributed by atoms with van der Waals surface area (Å²) in [5.74, 6) is 0.219. The highest BCUT2D eigenvalue weighted by molar-refractivity contribution is 5.94. The van der Waals surface area contributed by atoms with E-state index in [1.807, 2.05) is 30.3 Å². The lowest BCUT2D eigenvalue weighted by molar-refractivity contribution is -0.140. The van der Waals surface area contributed by atoms with E-state index in [1.54, 1.807) is 36.3 Å². The molecule has 0 heterocycles. The van der Waals surface area contributed by atoms with Gasteiger partial charge < -0.3 is 14.4 Å². The molecule has 2 rings (SSSR count). The highest BCUT2D eigenvalue weighted by atomic mass is 16.5. The van der Waals surface area contributed by atoms with Crippen molar-refractivity contribution >= 4 is 11.9 Å². The molecule has 0 fully saturated rings. The SMILES string of the molecule is COC(=O)CCN(Cc1ccccc1)C(=O)c1ccc(OC)cc1. The molecule has 0 aliphatic heterocycles. The summed E-state index contributed by atoms with van der Waals surface area (Å²) in [5.41, 5.74) is 1.56. The fourth-order valence-electron chi connectivity index (χ4n) is 2.30. The third-order valence-corrected chi connectivity index (χ3v) is 3.65. The molecule has 5 heteroatoms. The monoisotopic (exact) mass is 327 g/mol. The summed E-state index contributed by atoms with van der Waals surface area (Å²) < 4.78 is 9.79. The highest BCUT2D eigenvalue weighted by Gasteiger charge is 2.17. The number of rotatable bonds is 7. The molecule has 0 saturated heterocycles. The van der Waals surface area contributed by atoms with E-state index in [9.17, 15) is 9.59 Å². The van der Waals surface area contributed by atoms with Crippen molar-refractivity contribution in [2.75, 3.05) is 20.8 Å². The molecule has 2 aromatic rings. The number of ether oxygens (including phenoxy) is 2. The van der Waals surface area contributed by atoms with Gasteiger partial charge in [-0.3, -0.25) is 9.59 Å². The lowest BCUT2D eigenvalue weighted by Crippen LogP contribution is -2.32. The lowest BCUT2D eigenvalue weighted by atomic mass is 10.1. The Labute approximate surface area is 141 Å². The van der Waals surface area contributed by atoms with Crippen molar-refractivity contribution in [3.63, 3.8) is 0 Å². The standard InChI is InChI=1S/C19H21NO4/c1-23-17-10-8-16(9-11-17)19(22)20(13-12-18(21)24-2)14-15-6-4-3-5-7-15/h3-11H,12-14H2,1-2H3. The maximum Gasteiger partial charge on any atom is 0.307 e. The molecule has 0 aromatic heterocycles. The van der Waals surface area contributed by atoms with Crippen LogP contribution in [0.1, 0.15) is 22.3 Å². The number of carbonyl (C=O) groups excluding carboxylic acids is 2. The minimum atomic E-state index is -0.337. The van der Waals surface area contributed by atoms with Crippen LogP contribution in [0.4, 0.5) is 0 Å². The van der Waals surface area contributed by atoms with Crippen LogP contribution in [0.15, 0.2) is 54.6 Å². The van der Waals surface area contributed by atoms with Crippen LogP contribution in [0.2, 0.25) is 0 Å². The van der Waals surface area contributed by atoms with Gasteiger partial charge in [0, 0.05) is 18.7 Å². The Kier molecular flexibility index (Phi) is 6.37. The van der Waals surface area contributed by atoms with E-state index >= 15 is 0 Å². The largest absolute Gasteiger partial charge is 0.497 e. The predicted octanol–water partition coefficient (Wildman–Crippen LogP) is 2.90. The molecule has 0 N–H and O–H groups in total. The second kappa shape index (κ2) is 8.72. The van der Waals surface area contributed by atoms with Crippen LogP contribution in [0.3, 0.4) is 0 Å². The highest BCUT2D eigenvalue weighted by Crippen LogP contribution is 2.15. The number of nitrogens with zero attached hydrogens (tertiary/aromatic N) is 1. The van der Waals surface area contributed by atoms with Crippen molar-refractivity contribution < 1.29 is 19.1 Å². The van der Waals surface area contributed by atoms with Crippen LogP contribution in [-0.4, -0.2) is 37.5 Å². The van der Waals surface area contributed by atoms with Gasteiger partial charge in [0.2, 0.25) is 0 Å². The van der Waals surface area contributed by atoms with Crippen LogP contribution in [0, 0.1) is 0 Å². The Balaban J connectivity index is 2.15. The summed E-state index contributed by atoms with van der Waals surface area (Å²) in [6.07, 6.45) is 0.158. The molecule has 0 atom stereocenters. The molecular formula is C19H21NO4. The van der Waals surface area contributed by atoms with Gasteiger partial charge in [0.25, 0.3) is 5.91 Å². The molecule has 0 aliphatic rings. The lowest BCUT2D eigenvalue weighted by Gasteiger charge is -2.22. The number of hydrogen-bond donors (Lipinski definition) is 0. The molecule has 0 radical (unpaired) electrons. The van der Waals surface area contributed by atoms with Crippen molar-refractivity contribution in [1.29, 1.82) is 0 Å². The molecule has 126 valence electrons. The quantitative estimate of drug-likeness (QED) is 0.734. The number of methoxy groups -OCH3 is 2. The van der Waals surface area contributed by atoms with Gasteiger partial charge >= 0.3 is 5.97 Å². The van der Waals surface area contributed by atoms with Crippen molar-refractivity contribution in [3.05, 3.63) is 65.7 Å². The van der Waals surface area contributed by atoms with Crippen LogP contribution < -0.4 is 4.74 Å². The molecule has 0 saturated carbocycles. The summed E-state index contributed by atoms with van der Waals surface area (Å²) >= 11 is 0. The van der Waals surface area contributed by atoms with Crippen LogP contribution in [0.5, 0.6) is 5.75 Å². The van der Waals surface area contributed by atoms with E-state index in [-0.39, 0.29) is 18.3 Å². The first-order valence-electron chi connectivity index (χ1n) is 7.68. The van der Waals surface area contributed by atoms with E-state index in [0.29, 0.717) is 24.4 Å². The summed E-state index contributed by atoms with van der Waals surface area (Å²) in [7, 11) is 2.92. The number of amides is 1. The number of benzene rings is 2. The Hall–Kier alpha value is -2.82. The Morgan fingerprint density at radius 1 is 0.958 bits per heavy atom. The number of carbonyl (C=O) groups is 2.